The quantitative estimate of drug-likeness (QED) is 0.727. The van der Waals surface area contributed by atoms with Gasteiger partial charge in [0.25, 0.3) is 0 Å². The van der Waals surface area contributed by atoms with Crippen molar-refractivity contribution < 1.29 is 9.18 Å². The van der Waals surface area contributed by atoms with Gasteiger partial charge in [-0.2, -0.15) is 0 Å². The maximum atomic E-state index is 14.0. The van der Waals surface area contributed by atoms with Crippen LogP contribution in [0.15, 0.2) is 42.6 Å². The van der Waals surface area contributed by atoms with Crippen LogP contribution in [-0.4, -0.2) is 84.5 Å². The molecule has 2 aliphatic rings. The number of benzene rings is 1. The number of piperazine rings is 2. The average molecular weight is 432 g/mol. The molecular formula is C22H27ClFN5O. The molecule has 2 aromatic rings. The largest absolute Gasteiger partial charge is 0.353 e. The molecule has 1 aromatic heterocycles. The molecule has 0 saturated carbocycles. The first-order valence-corrected chi connectivity index (χ1v) is 10.8. The number of carbonyl (C=O) groups excluding carboxylic acids is 1. The summed E-state index contributed by atoms with van der Waals surface area (Å²) in [6.07, 6.45) is 1.80. The summed E-state index contributed by atoms with van der Waals surface area (Å²) in [5, 5.41) is 0.470. The van der Waals surface area contributed by atoms with Gasteiger partial charge in [0, 0.05) is 75.7 Å². The first kappa shape index (κ1) is 21.0. The summed E-state index contributed by atoms with van der Waals surface area (Å²) in [7, 11) is 0. The number of carbonyl (C=O) groups is 1. The smallest absolute Gasteiger partial charge is 0.236 e. The molecule has 6 nitrogen and oxygen atoms in total. The number of amides is 1. The first-order valence-electron chi connectivity index (χ1n) is 10.4. The molecule has 4 rings (SSSR count). The van der Waals surface area contributed by atoms with E-state index < -0.39 is 0 Å². The minimum Gasteiger partial charge on any atom is -0.353 e. The highest BCUT2D eigenvalue weighted by molar-refractivity contribution is 6.31. The average Bonchev–Trinajstić information content (AvgIpc) is 2.78. The molecule has 0 aliphatic carbocycles. The topological polar surface area (TPSA) is 42.9 Å². The Labute approximate surface area is 181 Å². The van der Waals surface area contributed by atoms with E-state index in [0.29, 0.717) is 23.7 Å². The number of aromatic nitrogens is 1. The summed E-state index contributed by atoms with van der Waals surface area (Å²) < 4.78 is 14.0. The van der Waals surface area contributed by atoms with Crippen LogP contribution in [0.3, 0.4) is 0 Å². The zero-order valence-electron chi connectivity index (χ0n) is 17.0. The maximum Gasteiger partial charge on any atom is 0.236 e. The van der Waals surface area contributed by atoms with Crippen molar-refractivity contribution in [3.63, 3.8) is 0 Å². The van der Waals surface area contributed by atoms with Crippen molar-refractivity contribution in [3.8, 4) is 0 Å². The summed E-state index contributed by atoms with van der Waals surface area (Å²) in [6, 6.07) is 10.7. The Morgan fingerprint density at radius 2 is 1.67 bits per heavy atom. The standard InChI is InChI=1S/C22H27ClFN5O/c23-19-4-3-5-20(24)18(19)16-26-8-10-27(11-9-26)17-22(30)29-14-12-28(13-15-29)21-6-1-2-7-25-21/h1-7H,8-17H2. The molecule has 8 heteroatoms. The van der Waals surface area contributed by atoms with Gasteiger partial charge in [0.05, 0.1) is 6.54 Å². The summed E-state index contributed by atoms with van der Waals surface area (Å²) in [5.74, 6) is 0.891. The molecule has 0 bridgehead atoms. The number of hydrogen-bond acceptors (Lipinski definition) is 5. The Hall–Kier alpha value is -2.22. The van der Waals surface area contributed by atoms with E-state index in [0.717, 1.165) is 58.2 Å². The summed E-state index contributed by atoms with van der Waals surface area (Å²) >= 11 is 6.15. The molecule has 0 radical (unpaired) electrons. The molecule has 0 N–H and O–H groups in total. The van der Waals surface area contributed by atoms with Gasteiger partial charge >= 0.3 is 0 Å². The predicted octanol–water partition coefficient (Wildman–Crippen LogP) is 2.34. The molecule has 2 saturated heterocycles. The van der Waals surface area contributed by atoms with E-state index in [1.807, 2.05) is 23.1 Å². The van der Waals surface area contributed by atoms with E-state index in [4.69, 9.17) is 11.6 Å². The number of anilines is 1. The Morgan fingerprint density at radius 3 is 2.33 bits per heavy atom. The minimum absolute atomic E-state index is 0.182. The molecule has 2 aliphatic heterocycles. The molecule has 1 amide bonds. The van der Waals surface area contributed by atoms with Crippen LogP contribution in [-0.2, 0) is 11.3 Å². The Bertz CT molecular complexity index is 832. The fraction of sp³-hybridized carbons (Fsp3) is 0.455. The Kier molecular flexibility index (Phi) is 6.82. The normalized spacial score (nSPS) is 18.6. The molecular weight excluding hydrogens is 405 g/mol. The van der Waals surface area contributed by atoms with Gasteiger partial charge < -0.3 is 9.80 Å². The lowest BCUT2D eigenvalue weighted by molar-refractivity contribution is -0.133. The van der Waals surface area contributed by atoms with Crippen LogP contribution in [0.25, 0.3) is 0 Å². The molecule has 30 heavy (non-hydrogen) atoms. The monoisotopic (exact) mass is 431 g/mol. The lowest BCUT2D eigenvalue weighted by atomic mass is 10.2. The van der Waals surface area contributed by atoms with E-state index >= 15 is 0 Å². The third-order valence-electron chi connectivity index (χ3n) is 5.87. The van der Waals surface area contributed by atoms with Gasteiger partial charge in [-0.1, -0.05) is 23.7 Å². The van der Waals surface area contributed by atoms with Crippen LogP contribution >= 0.6 is 11.6 Å². The van der Waals surface area contributed by atoms with Crippen molar-refractivity contribution in [2.45, 2.75) is 6.54 Å². The molecule has 160 valence electrons. The molecule has 2 fully saturated rings. The summed E-state index contributed by atoms with van der Waals surface area (Å²) in [4.78, 5) is 25.7. The van der Waals surface area contributed by atoms with Gasteiger partial charge in [-0.3, -0.25) is 14.6 Å². The Balaban J connectivity index is 1.21. The fourth-order valence-corrected chi connectivity index (χ4v) is 4.25. The van der Waals surface area contributed by atoms with E-state index in [-0.39, 0.29) is 11.7 Å². The van der Waals surface area contributed by atoms with Gasteiger partial charge in [-0.05, 0) is 24.3 Å². The van der Waals surface area contributed by atoms with Crippen LogP contribution in [0.1, 0.15) is 5.56 Å². The van der Waals surface area contributed by atoms with Crippen LogP contribution in [0, 0.1) is 5.82 Å². The van der Waals surface area contributed by atoms with Gasteiger partial charge in [0.2, 0.25) is 5.91 Å². The number of nitrogens with zero attached hydrogens (tertiary/aromatic N) is 5. The van der Waals surface area contributed by atoms with Gasteiger partial charge in [-0.25, -0.2) is 9.37 Å². The zero-order valence-corrected chi connectivity index (χ0v) is 17.8. The lowest BCUT2D eigenvalue weighted by Crippen LogP contribution is -2.53. The fourth-order valence-electron chi connectivity index (χ4n) is 4.03. The van der Waals surface area contributed by atoms with Gasteiger partial charge in [-0.15, -0.1) is 0 Å². The zero-order chi connectivity index (χ0) is 20.9. The number of pyridine rings is 1. The molecule has 0 unspecified atom stereocenters. The Morgan fingerprint density at radius 1 is 0.933 bits per heavy atom. The lowest BCUT2D eigenvalue weighted by Gasteiger charge is -2.38. The number of rotatable bonds is 5. The second-order valence-corrected chi connectivity index (χ2v) is 8.22. The van der Waals surface area contributed by atoms with Crippen molar-refractivity contribution >= 4 is 23.3 Å². The summed E-state index contributed by atoms with van der Waals surface area (Å²) in [6.45, 7) is 7.19. The van der Waals surface area contributed by atoms with Crippen LogP contribution in [0.2, 0.25) is 5.02 Å². The van der Waals surface area contributed by atoms with E-state index in [1.165, 1.54) is 6.07 Å². The number of hydrogen-bond donors (Lipinski definition) is 0. The molecule has 1 aromatic carbocycles. The molecule has 0 atom stereocenters. The van der Waals surface area contributed by atoms with Crippen LogP contribution in [0.4, 0.5) is 10.2 Å². The highest BCUT2D eigenvalue weighted by Gasteiger charge is 2.25. The van der Waals surface area contributed by atoms with Crippen molar-refractivity contribution in [3.05, 3.63) is 59.0 Å². The van der Waals surface area contributed by atoms with E-state index in [1.54, 1.807) is 18.3 Å². The third kappa shape index (κ3) is 5.09. The van der Waals surface area contributed by atoms with Gasteiger partial charge in [0.15, 0.2) is 0 Å². The second-order valence-electron chi connectivity index (χ2n) is 7.81. The first-order chi connectivity index (χ1) is 14.6. The van der Waals surface area contributed by atoms with E-state index in [9.17, 15) is 9.18 Å². The van der Waals surface area contributed by atoms with Crippen LogP contribution < -0.4 is 4.90 Å². The molecule has 0 spiro atoms. The highest BCUT2D eigenvalue weighted by atomic mass is 35.5. The van der Waals surface area contributed by atoms with Crippen molar-refractivity contribution in [2.24, 2.45) is 0 Å². The minimum atomic E-state index is -0.259. The van der Waals surface area contributed by atoms with Crippen LogP contribution in [0.5, 0.6) is 0 Å². The van der Waals surface area contributed by atoms with Crippen molar-refractivity contribution in [1.29, 1.82) is 0 Å². The van der Waals surface area contributed by atoms with Crippen molar-refractivity contribution in [1.82, 2.24) is 19.7 Å². The maximum absolute atomic E-state index is 14.0. The summed E-state index contributed by atoms with van der Waals surface area (Å²) in [5.41, 5.74) is 0.550. The second kappa shape index (κ2) is 9.73. The van der Waals surface area contributed by atoms with Gasteiger partial charge in [0.1, 0.15) is 11.6 Å². The van der Waals surface area contributed by atoms with E-state index in [2.05, 4.69) is 19.7 Å². The van der Waals surface area contributed by atoms with Crippen molar-refractivity contribution in [2.75, 3.05) is 63.8 Å². The predicted molar refractivity (Wildman–Crippen MR) is 116 cm³/mol. The SMILES string of the molecule is O=C(CN1CCN(Cc2c(F)cccc2Cl)CC1)N1CCN(c2ccccn2)CC1. The third-order valence-corrected chi connectivity index (χ3v) is 6.23. The highest BCUT2D eigenvalue weighted by Crippen LogP contribution is 2.21. The molecule has 3 heterocycles. The number of halogens is 2.